The number of carbonyl (C=O) groups is 2. The lowest BCUT2D eigenvalue weighted by molar-refractivity contribution is -0.121. The average molecular weight is 359 g/mol. The molecule has 26 heavy (non-hydrogen) atoms. The number of aromatic amines is 1. The number of carbonyl (C=O) groups excluding carboxylic acids is 2. The molecule has 1 aromatic carbocycles. The zero-order chi connectivity index (χ0) is 18.5. The van der Waals surface area contributed by atoms with E-state index < -0.39 is 0 Å². The summed E-state index contributed by atoms with van der Waals surface area (Å²) in [6.45, 7) is 3.39. The molecule has 0 unspecified atom stereocenters. The van der Waals surface area contributed by atoms with Gasteiger partial charge in [0.1, 0.15) is 5.75 Å². The van der Waals surface area contributed by atoms with E-state index >= 15 is 0 Å². The molecule has 2 N–H and O–H groups in total. The second kappa shape index (κ2) is 8.12. The largest absolute Gasteiger partial charge is 0.497 e. The van der Waals surface area contributed by atoms with Crippen molar-refractivity contribution in [2.75, 3.05) is 26.8 Å². The van der Waals surface area contributed by atoms with Crippen molar-refractivity contribution in [3.05, 3.63) is 30.0 Å². The van der Waals surface area contributed by atoms with Gasteiger partial charge in [-0.2, -0.15) is 0 Å². The Balaban J connectivity index is 1.54. The fourth-order valence-electron chi connectivity index (χ4n) is 3.30. The van der Waals surface area contributed by atoms with E-state index in [1.165, 1.54) is 0 Å². The van der Waals surface area contributed by atoms with E-state index in [0.717, 1.165) is 35.1 Å². The fourth-order valence-corrected chi connectivity index (χ4v) is 3.30. The molecule has 0 spiro atoms. The lowest BCUT2D eigenvalue weighted by Crippen LogP contribution is -2.47. The predicted molar refractivity (Wildman–Crippen MR) is 98.3 cm³/mol. The Hall–Kier alpha value is -2.70. The van der Waals surface area contributed by atoms with Gasteiger partial charge in [-0.1, -0.05) is 0 Å². The summed E-state index contributed by atoms with van der Waals surface area (Å²) in [6, 6.07) is 5.86. The van der Waals surface area contributed by atoms with Crippen molar-refractivity contribution in [2.24, 2.45) is 0 Å². The maximum absolute atomic E-state index is 12.4. The smallest absolute Gasteiger partial charge is 0.409 e. The standard InChI is InChI=1S/C19H25N3O4/c1-3-26-19(24)22-8-6-14(7-9-22)21-18(23)10-13-12-20-17-5-4-15(25-2)11-16(13)17/h4-5,11-12,14,20H,3,6-10H2,1-2H3,(H,21,23). The maximum Gasteiger partial charge on any atom is 0.409 e. The van der Waals surface area contributed by atoms with Gasteiger partial charge >= 0.3 is 6.09 Å². The normalized spacial score (nSPS) is 15.1. The number of benzene rings is 1. The number of rotatable bonds is 5. The van der Waals surface area contributed by atoms with Crippen molar-refractivity contribution in [3.8, 4) is 5.75 Å². The Kier molecular flexibility index (Phi) is 5.65. The number of hydrogen-bond donors (Lipinski definition) is 2. The maximum atomic E-state index is 12.4. The monoisotopic (exact) mass is 359 g/mol. The number of hydrogen-bond acceptors (Lipinski definition) is 4. The number of methoxy groups -OCH3 is 1. The highest BCUT2D eigenvalue weighted by atomic mass is 16.6. The van der Waals surface area contributed by atoms with Gasteiger partial charge < -0.3 is 24.7 Å². The van der Waals surface area contributed by atoms with E-state index in [1.54, 1.807) is 18.9 Å². The molecule has 1 aromatic heterocycles. The van der Waals surface area contributed by atoms with Gasteiger partial charge in [0.05, 0.1) is 20.1 Å². The van der Waals surface area contributed by atoms with Crippen LogP contribution in [0.5, 0.6) is 5.75 Å². The summed E-state index contributed by atoms with van der Waals surface area (Å²) in [4.78, 5) is 29.0. The molecule has 3 rings (SSSR count). The average Bonchev–Trinajstić information content (AvgIpc) is 3.04. The van der Waals surface area contributed by atoms with Gasteiger partial charge in [-0.05, 0) is 43.5 Å². The molecule has 2 amide bonds. The number of likely N-dealkylation sites (tertiary alicyclic amines) is 1. The molecule has 1 aliphatic rings. The quantitative estimate of drug-likeness (QED) is 0.859. The van der Waals surface area contributed by atoms with Crippen LogP contribution in [-0.2, 0) is 16.0 Å². The summed E-state index contributed by atoms with van der Waals surface area (Å²) >= 11 is 0. The molecule has 1 fully saturated rings. The number of piperidine rings is 1. The summed E-state index contributed by atoms with van der Waals surface area (Å²) in [5, 5.41) is 4.08. The third-order valence-corrected chi connectivity index (χ3v) is 4.71. The van der Waals surface area contributed by atoms with E-state index in [1.807, 2.05) is 24.4 Å². The second-order valence-electron chi connectivity index (χ2n) is 6.43. The van der Waals surface area contributed by atoms with Crippen molar-refractivity contribution >= 4 is 22.9 Å². The number of nitrogens with one attached hydrogen (secondary N) is 2. The van der Waals surface area contributed by atoms with Crippen LogP contribution >= 0.6 is 0 Å². The molecule has 0 saturated carbocycles. The van der Waals surface area contributed by atoms with Crippen molar-refractivity contribution in [1.82, 2.24) is 15.2 Å². The highest BCUT2D eigenvalue weighted by Gasteiger charge is 2.24. The lowest BCUT2D eigenvalue weighted by Gasteiger charge is -2.31. The van der Waals surface area contributed by atoms with Crippen LogP contribution in [0.25, 0.3) is 10.9 Å². The molecule has 0 radical (unpaired) electrons. The Morgan fingerprint density at radius 2 is 2.08 bits per heavy atom. The Morgan fingerprint density at radius 1 is 1.31 bits per heavy atom. The van der Waals surface area contributed by atoms with Crippen LogP contribution in [-0.4, -0.2) is 54.7 Å². The van der Waals surface area contributed by atoms with Gasteiger partial charge in [0.15, 0.2) is 0 Å². The zero-order valence-electron chi connectivity index (χ0n) is 15.2. The lowest BCUT2D eigenvalue weighted by atomic mass is 10.0. The van der Waals surface area contributed by atoms with Crippen LogP contribution in [0, 0.1) is 0 Å². The minimum atomic E-state index is -0.273. The number of H-pyrrole nitrogens is 1. The van der Waals surface area contributed by atoms with Crippen LogP contribution in [0.3, 0.4) is 0 Å². The molecule has 0 bridgehead atoms. The molecule has 140 valence electrons. The molecule has 7 nitrogen and oxygen atoms in total. The summed E-state index contributed by atoms with van der Waals surface area (Å²) in [5.41, 5.74) is 1.93. The number of ether oxygens (including phenoxy) is 2. The molecule has 1 aliphatic heterocycles. The molecule has 7 heteroatoms. The van der Waals surface area contributed by atoms with E-state index in [2.05, 4.69) is 10.3 Å². The van der Waals surface area contributed by atoms with Crippen LogP contribution in [0.2, 0.25) is 0 Å². The number of aromatic nitrogens is 1. The number of fused-ring (bicyclic) bond motifs is 1. The highest BCUT2D eigenvalue weighted by molar-refractivity contribution is 5.89. The van der Waals surface area contributed by atoms with E-state index in [4.69, 9.17) is 9.47 Å². The first-order chi connectivity index (χ1) is 12.6. The van der Waals surface area contributed by atoms with Gasteiger partial charge in [-0.3, -0.25) is 4.79 Å². The van der Waals surface area contributed by atoms with E-state index in [-0.39, 0.29) is 18.0 Å². The summed E-state index contributed by atoms with van der Waals surface area (Å²) in [5.74, 6) is 0.758. The Labute approximate surface area is 152 Å². The van der Waals surface area contributed by atoms with Crippen LogP contribution in [0.15, 0.2) is 24.4 Å². The summed E-state index contributed by atoms with van der Waals surface area (Å²) < 4.78 is 10.3. The third kappa shape index (κ3) is 4.09. The van der Waals surface area contributed by atoms with Gasteiger partial charge in [0.2, 0.25) is 5.91 Å². The topological polar surface area (TPSA) is 83.7 Å². The molecule has 2 aromatic rings. The Morgan fingerprint density at radius 3 is 2.77 bits per heavy atom. The first-order valence-electron chi connectivity index (χ1n) is 8.95. The molecule has 2 heterocycles. The molecule has 0 atom stereocenters. The van der Waals surface area contributed by atoms with Crippen molar-refractivity contribution in [1.29, 1.82) is 0 Å². The first kappa shape index (κ1) is 18.1. The van der Waals surface area contributed by atoms with E-state index in [0.29, 0.717) is 26.1 Å². The fraction of sp³-hybridized carbons (Fsp3) is 0.474. The SMILES string of the molecule is CCOC(=O)N1CCC(NC(=O)Cc2c[nH]c3ccc(OC)cc23)CC1. The van der Waals surface area contributed by atoms with Gasteiger partial charge in [0.25, 0.3) is 0 Å². The van der Waals surface area contributed by atoms with Gasteiger partial charge in [-0.15, -0.1) is 0 Å². The summed E-state index contributed by atoms with van der Waals surface area (Å²) in [6.07, 6.45) is 3.39. The van der Waals surface area contributed by atoms with Gasteiger partial charge in [0, 0.05) is 36.2 Å². The van der Waals surface area contributed by atoms with Crippen LogP contribution in [0.4, 0.5) is 4.79 Å². The van der Waals surface area contributed by atoms with E-state index in [9.17, 15) is 9.59 Å². The van der Waals surface area contributed by atoms with Crippen LogP contribution in [0.1, 0.15) is 25.3 Å². The van der Waals surface area contributed by atoms with Crippen LogP contribution < -0.4 is 10.1 Å². The molecule has 1 saturated heterocycles. The minimum absolute atomic E-state index is 0.0108. The number of nitrogens with zero attached hydrogens (tertiary/aromatic N) is 1. The minimum Gasteiger partial charge on any atom is -0.497 e. The zero-order valence-corrected chi connectivity index (χ0v) is 15.2. The van der Waals surface area contributed by atoms with Crippen molar-refractivity contribution < 1.29 is 19.1 Å². The summed E-state index contributed by atoms with van der Waals surface area (Å²) in [7, 11) is 1.63. The molecular formula is C19H25N3O4. The van der Waals surface area contributed by atoms with Gasteiger partial charge in [-0.25, -0.2) is 4.79 Å². The van der Waals surface area contributed by atoms with Crippen molar-refractivity contribution in [2.45, 2.75) is 32.2 Å². The number of amides is 2. The predicted octanol–water partition coefficient (Wildman–Crippen LogP) is 2.46. The molecule has 0 aliphatic carbocycles. The second-order valence-corrected chi connectivity index (χ2v) is 6.43. The first-order valence-corrected chi connectivity index (χ1v) is 8.95. The van der Waals surface area contributed by atoms with Crippen molar-refractivity contribution in [3.63, 3.8) is 0 Å². The Bertz CT molecular complexity index is 778. The highest BCUT2D eigenvalue weighted by Crippen LogP contribution is 2.24. The molecular weight excluding hydrogens is 334 g/mol. The third-order valence-electron chi connectivity index (χ3n) is 4.71.